The zero-order valence-electron chi connectivity index (χ0n) is 20.1. The van der Waals surface area contributed by atoms with Gasteiger partial charge >= 0.3 is 6.09 Å². The summed E-state index contributed by atoms with van der Waals surface area (Å²) in [5.74, 6) is 0. The molecule has 180 valence electrons. The van der Waals surface area contributed by atoms with Gasteiger partial charge in [-0.1, -0.05) is 60.7 Å². The SMILES string of the molecule is CC(C)(C)OC(=O)N1CCC(O)(c2ccccc2)CC1.OC1(c2ccccc2)CCNCC1. The van der Waals surface area contributed by atoms with Crippen molar-refractivity contribution in [3.05, 3.63) is 71.8 Å². The molecule has 2 saturated heterocycles. The molecule has 0 spiro atoms. The van der Waals surface area contributed by atoms with Gasteiger partial charge in [0.05, 0.1) is 11.2 Å². The molecule has 0 atom stereocenters. The number of hydrogen-bond acceptors (Lipinski definition) is 5. The van der Waals surface area contributed by atoms with Gasteiger partial charge < -0.3 is 25.2 Å². The van der Waals surface area contributed by atoms with E-state index in [0.29, 0.717) is 25.9 Å². The molecule has 6 nitrogen and oxygen atoms in total. The Morgan fingerprint density at radius 3 is 1.67 bits per heavy atom. The number of likely N-dealkylation sites (tertiary alicyclic amines) is 1. The molecule has 2 aliphatic rings. The van der Waals surface area contributed by atoms with Crippen LogP contribution in [0.4, 0.5) is 4.79 Å². The zero-order valence-corrected chi connectivity index (χ0v) is 20.1. The van der Waals surface area contributed by atoms with Gasteiger partial charge in [-0.3, -0.25) is 0 Å². The van der Waals surface area contributed by atoms with Crippen molar-refractivity contribution in [1.29, 1.82) is 0 Å². The Labute approximate surface area is 197 Å². The second-order valence-electron chi connectivity index (χ2n) is 10.0. The summed E-state index contributed by atoms with van der Waals surface area (Å²) in [6, 6.07) is 19.6. The van der Waals surface area contributed by atoms with Crippen molar-refractivity contribution < 1.29 is 19.7 Å². The van der Waals surface area contributed by atoms with Crippen LogP contribution < -0.4 is 5.32 Å². The molecule has 0 bridgehead atoms. The summed E-state index contributed by atoms with van der Waals surface area (Å²) >= 11 is 0. The third kappa shape index (κ3) is 7.03. The molecular weight excluding hydrogens is 416 g/mol. The molecule has 2 aromatic rings. The number of aliphatic hydroxyl groups is 2. The molecular formula is C27H38N2O4. The maximum atomic E-state index is 12.0. The summed E-state index contributed by atoms with van der Waals surface area (Å²) in [7, 11) is 0. The van der Waals surface area contributed by atoms with Crippen LogP contribution in [0.2, 0.25) is 0 Å². The fraction of sp³-hybridized carbons (Fsp3) is 0.519. The Balaban J connectivity index is 0.000000203. The molecule has 0 aliphatic carbocycles. The van der Waals surface area contributed by atoms with Crippen molar-refractivity contribution >= 4 is 6.09 Å². The molecule has 1 amide bonds. The van der Waals surface area contributed by atoms with E-state index < -0.39 is 16.8 Å². The van der Waals surface area contributed by atoms with Crippen molar-refractivity contribution in [3.8, 4) is 0 Å². The lowest BCUT2D eigenvalue weighted by Crippen LogP contribution is -2.46. The molecule has 0 aromatic heterocycles. The summed E-state index contributed by atoms with van der Waals surface area (Å²) in [6.07, 6.45) is 2.41. The number of hydrogen-bond donors (Lipinski definition) is 3. The average molecular weight is 455 g/mol. The van der Waals surface area contributed by atoms with E-state index in [2.05, 4.69) is 5.32 Å². The topological polar surface area (TPSA) is 82.0 Å². The van der Waals surface area contributed by atoms with Gasteiger partial charge in [-0.2, -0.15) is 0 Å². The smallest absolute Gasteiger partial charge is 0.410 e. The number of piperidine rings is 2. The molecule has 0 radical (unpaired) electrons. The Bertz CT molecular complexity index is 866. The van der Waals surface area contributed by atoms with Gasteiger partial charge in [-0.25, -0.2) is 4.79 Å². The maximum Gasteiger partial charge on any atom is 0.410 e. The number of benzene rings is 2. The molecule has 2 fully saturated rings. The number of rotatable bonds is 2. The highest BCUT2D eigenvalue weighted by atomic mass is 16.6. The highest BCUT2D eigenvalue weighted by Crippen LogP contribution is 2.33. The summed E-state index contributed by atoms with van der Waals surface area (Å²) in [5, 5.41) is 24.2. The Kier molecular flexibility index (Phi) is 8.16. The van der Waals surface area contributed by atoms with Crippen LogP contribution in [0.15, 0.2) is 60.7 Å². The van der Waals surface area contributed by atoms with E-state index in [1.54, 1.807) is 4.90 Å². The first-order valence-corrected chi connectivity index (χ1v) is 11.9. The lowest BCUT2D eigenvalue weighted by molar-refractivity contribution is -0.0356. The Hall–Kier alpha value is -2.41. The Morgan fingerprint density at radius 2 is 1.24 bits per heavy atom. The standard InChI is InChI=1S/C16H23NO3.C11H15NO/c1-15(2,3)20-14(18)17-11-9-16(19,10-12-17)13-7-5-4-6-8-13;13-11(6-8-12-9-7-11)10-4-2-1-3-5-10/h4-8,19H,9-12H2,1-3H3;1-5,12-13H,6-9H2. The van der Waals surface area contributed by atoms with Crippen LogP contribution in [-0.4, -0.2) is 53.0 Å². The molecule has 4 rings (SSSR count). The van der Waals surface area contributed by atoms with Crippen LogP contribution in [-0.2, 0) is 15.9 Å². The van der Waals surface area contributed by atoms with E-state index in [9.17, 15) is 15.0 Å². The van der Waals surface area contributed by atoms with E-state index in [0.717, 1.165) is 37.1 Å². The van der Waals surface area contributed by atoms with Crippen LogP contribution in [0.25, 0.3) is 0 Å². The van der Waals surface area contributed by atoms with Crippen LogP contribution in [0, 0.1) is 0 Å². The molecule has 33 heavy (non-hydrogen) atoms. The van der Waals surface area contributed by atoms with Crippen molar-refractivity contribution in [1.82, 2.24) is 10.2 Å². The normalized spacial score (nSPS) is 19.7. The lowest BCUT2D eigenvalue weighted by Gasteiger charge is -2.38. The fourth-order valence-electron chi connectivity index (χ4n) is 4.30. The fourth-order valence-corrected chi connectivity index (χ4v) is 4.30. The van der Waals surface area contributed by atoms with Crippen molar-refractivity contribution in [3.63, 3.8) is 0 Å². The highest BCUT2D eigenvalue weighted by Gasteiger charge is 2.36. The van der Waals surface area contributed by atoms with Gasteiger partial charge in [0.15, 0.2) is 0 Å². The third-order valence-electron chi connectivity index (χ3n) is 6.30. The Morgan fingerprint density at radius 1 is 0.818 bits per heavy atom. The van der Waals surface area contributed by atoms with Gasteiger partial charge in [0.1, 0.15) is 5.60 Å². The van der Waals surface area contributed by atoms with Crippen LogP contribution in [0.3, 0.4) is 0 Å². The summed E-state index contributed by atoms with van der Waals surface area (Å²) in [5.41, 5.74) is 0.0663. The minimum atomic E-state index is -0.834. The highest BCUT2D eigenvalue weighted by molar-refractivity contribution is 5.68. The lowest BCUT2D eigenvalue weighted by atomic mass is 9.84. The number of amides is 1. The molecule has 2 aliphatic heterocycles. The third-order valence-corrected chi connectivity index (χ3v) is 6.30. The van der Waals surface area contributed by atoms with E-state index >= 15 is 0 Å². The molecule has 2 aromatic carbocycles. The van der Waals surface area contributed by atoms with Crippen LogP contribution in [0.5, 0.6) is 0 Å². The summed E-state index contributed by atoms with van der Waals surface area (Å²) in [6.45, 7) is 8.41. The second-order valence-corrected chi connectivity index (χ2v) is 10.0. The van der Waals surface area contributed by atoms with E-state index in [1.807, 2.05) is 81.4 Å². The van der Waals surface area contributed by atoms with Gasteiger partial charge in [0.2, 0.25) is 0 Å². The van der Waals surface area contributed by atoms with E-state index in [1.165, 1.54) is 0 Å². The van der Waals surface area contributed by atoms with Gasteiger partial charge in [-0.15, -0.1) is 0 Å². The van der Waals surface area contributed by atoms with Gasteiger partial charge in [-0.05, 0) is 70.7 Å². The quantitative estimate of drug-likeness (QED) is 0.635. The van der Waals surface area contributed by atoms with E-state index in [4.69, 9.17) is 4.74 Å². The number of carbonyl (C=O) groups is 1. The van der Waals surface area contributed by atoms with Crippen LogP contribution in [0.1, 0.15) is 57.6 Å². The van der Waals surface area contributed by atoms with Gasteiger partial charge in [0, 0.05) is 13.1 Å². The monoisotopic (exact) mass is 454 g/mol. The van der Waals surface area contributed by atoms with Crippen molar-refractivity contribution in [2.45, 2.75) is 63.3 Å². The van der Waals surface area contributed by atoms with Crippen molar-refractivity contribution in [2.75, 3.05) is 26.2 Å². The van der Waals surface area contributed by atoms with Crippen molar-refractivity contribution in [2.24, 2.45) is 0 Å². The maximum absolute atomic E-state index is 12.0. The van der Waals surface area contributed by atoms with Crippen LogP contribution >= 0.6 is 0 Å². The number of nitrogens with one attached hydrogen (secondary N) is 1. The molecule has 0 unspecified atom stereocenters. The first-order chi connectivity index (χ1) is 15.6. The summed E-state index contributed by atoms with van der Waals surface area (Å²) < 4.78 is 5.36. The molecule has 3 N–H and O–H groups in total. The predicted molar refractivity (Wildman–Crippen MR) is 130 cm³/mol. The first-order valence-electron chi connectivity index (χ1n) is 11.9. The predicted octanol–water partition coefficient (Wildman–Crippen LogP) is 4.16. The average Bonchev–Trinajstić information content (AvgIpc) is 2.80. The first kappa shape index (κ1) is 25.2. The largest absolute Gasteiger partial charge is 0.444 e. The number of ether oxygens (including phenoxy) is 1. The summed E-state index contributed by atoms with van der Waals surface area (Å²) in [4.78, 5) is 13.7. The molecule has 0 saturated carbocycles. The second kappa shape index (κ2) is 10.7. The minimum Gasteiger partial charge on any atom is -0.444 e. The minimum absolute atomic E-state index is 0.299. The molecule has 6 heteroatoms. The number of nitrogens with zero attached hydrogens (tertiary/aromatic N) is 1. The molecule has 2 heterocycles. The van der Waals surface area contributed by atoms with E-state index in [-0.39, 0.29) is 6.09 Å². The zero-order chi connectivity index (χ0) is 24.0. The number of carbonyl (C=O) groups excluding carboxylic acids is 1. The van der Waals surface area contributed by atoms with Gasteiger partial charge in [0.25, 0.3) is 0 Å².